The van der Waals surface area contributed by atoms with Crippen molar-refractivity contribution in [3.63, 3.8) is 0 Å². The third kappa shape index (κ3) is 17.2. The van der Waals surface area contributed by atoms with E-state index in [1.54, 1.807) is 13.0 Å². The van der Waals surface area contributed by atoms with Gasteiger partial charge in [0.15, 0.2) is 11.7 Å². The molecule has 53 heavy (non-hydrogen) atoms. The van der Waals surface area contributed by atoms with E-state index in [1.807, 2.05) is 37.9 Å². The van der Waals surface area contributed by atoms with Crippen molar-refractivity contribution in [2.45, 2.75) is 118 Å². The number of aryl methyl sites for hydroxylation is 3. The van der Waals surface area contributed by atoms with Gasteiger partial charge in [-0.1, -0.05) is 63.1 Å². The van der Waals surface area contributed by atoms with Gasteiger partial charge < -0.3 is 34.6 Å². The number of para-hydroxylation sites is 1. The van der Waals surface area contributed by atoms with Crippen molar-refractivity contribution in [2.75, 3.05) is 64.9 Å². The Morgan fingerprint density at radius 2 is 1.66 bits per heavy atom. The van der Waals surface area contributed by atoms with Crippen LogP contribution in [-0.2, 0) is 25.5 Å². The Kier molecular flexibility index (Phi) is 22.9. The monoisotopic (exact) mass is 756 g/mol. The van der Waals surface area contributed by atoms with Gasteiger partial charge in [0, 0.05) is 57.7 Å². The average molecular weight is 758 g/mol. The maximum Gasteiger partial charge on any atom is 0.209 e. The zero-order chi connectivity index (χ0) is 39.0. The summed E-state index contributed by atoms with van der Waals surface area (Å²) in [4.78, 5) is 29.9. The summed E-state index contributed by atoms with van der Waals surface area (Å²) in [7, 11) is 1.94. The number of rotatable bonds is 18. The number of phenols is 1. The summed E-state index contributed by atoms with van der Waals surface area (Å²) in [6.07, 6.45) is 13.8. The van der Waals surface area contributed by atoms with Crippen LogP contribution in [0.3, 0.4) is 0 Å². The molecule has 0 aliphatic carbocycles. The van der Waals surface area contributed by atoms with Gasteiger partial charge in [0.05, 0.1) is 5.02 Å². The van der Waals surface area contributed by atoms with Gasteiger partial charge in [-0.2, -0.15) is 0 Å². The molecule has 0 unspecified atom stereocenters. The van der Waals surface area contributed by atoms with Crippen LogP contribution in [0.2, 0.25) is 5.02 Å². The lowest BCUT2D eigenvalue weighted by atomic mass is 10.0. The molecule has 2 aromatic carbocycles. The van der Waals surface area contributed by atoms with E-state index in [1.165, 1.54) is 44.3 Å². The van der Waals surface area contributed by atoms with Gasteiger partial charge in [0.1, 0.15) is 12.4 Å². The topological polar surface area (TPSA) is 94.6 Å². The van der Waals surface area contributed by atoms with E-state index in [4.69, 9.17) is 21.1 Å². The molecule has 9 nitrogen and oxygen atoms in total. The van der Waals surface area contributed by atoms with E-state index in [0.29, 0.717) is 5.02 Å². The molecule has 2 saturated heterocycles. The van der Waals surface area contributed by atoms with Crippen LogP contribution < -0.4 is 5.32 Å². The van der Waals surface area contributed by atoms with Crippen LogP contribution in [-0.4, -0.2) is 104 Å². The Balaban J connectivity index is 0.000000343. The van der Waals surface area contributed by atoms with E-state index in [-0.39, 0.29) is 24.2 Å². The van der Waals surface area contributed by atoms with Gasteiger partial charge in [-0.3, -0.25) is 9.59 Å². The van der Waals surface area contributed by atoms with Crippen molar-refractivity contribution in [1.29, 1.82) is 0 Å². The number of nitrogens with one attached hydrogen (secondary N) is 1. The molecule has 10 heteroatoms. The van der Waals surface area contributed by atoms with Crippen LogP contribution >= 0.6 is 11.6 Å². The van der Waals surface area contributed by atoms with Crippen LogP contribution in [0.4, 0.5) is 5.69 Å². The van der Waals surface area contributed by atoms with E-state index in [9.17, 15) is 14.7 Å². The lowest BCUT2D eigenvalue weighted by molar-refractivity contribution is -0.123. The number of halogens is 1. The molecule has 0 atom stereocenters. The summed E-state index contributed by atoms with van der Waals surface area (Å²) in [6, 6.07) is 13.0. The number of anilines is 1. The first-order valence-corrected chi connectivity index (χ1v) is 20.3. The molecular weight excluding hydrogens is 688 g/mol. The number of amides is 1. The smallest absolute Gasteiger partial charge is 0.209 e. The lowest BCUT2D eigenvalue weighted by Crippen LogP contribution is -2.44. The average Bonchev–Trinajstić information content (AvgIpc) is 3.16. The predicted octanol–water partition coefficient (Wildman–Crippen LogP) is 8.78. The molecule has 2 aromatic rings. The summed E-state index contributed by atoms with van der Waals surface area (Å²) < 4.78 is 11.1. The second kappa shape index (κ2) is 26.5. The zero-order valence-electron chi connectivity index (χ0n) is 33.8. The van der Waals surface area contributed by atoms with Gasteiger partial charge in [-0.05, 0) is 127 Å². The Labute approximate surface area is 326 Å². The number of ether oxygens (including phenoxy) is 2. The maximum absolute atomic E-state index is 11.7. The van der Waals surface area contributed by atoms with Gasteiger partial charge >= 0.3 is 0 Å². The first-order chi connectivity index (χ1) is 25.6. The zero-order valence-corrected chi connectivity index (χ0v) is 34.6. The number of Topliss-reactive ketones (excluding diaryl/α,β-unsaturated/α-hetero) is 1. The summed E-state index contributed by atoms with van der Waals surface area (Å²) in [6.45, 7) is 19.0. The largest absolute Gasteiger partial charge is 0.506 e. The van der Waals surface area contributed by atoms with E-state index >= 15 is 0 Å². The van der Waals surface area contributed by atoms with Crippen LogP contribution in [0, 0.1) is 13.8 Å². The summed E-state index contributed by atoms with van der Waals surface area (Å²) in [5.41, 5.74) is 4.33. The highest BCUT2D eigenvalue weighted by Crippen LogP contribution is 2.28. The van der Waals surface area contributed by atoms with Crippen molar-refractivity contribution >= 4 is 29.5 Å². The maximum atomic E-state index is 11.7. The molecule has 4 rings (SSSR count). The normalized spacial score (nSPS) is 15.2. The number of likely N-dealkylation sites (tertiary alicyclic amines) is 1. The van der Waals surface area contributed by atoms with E-state index in [2.05, 4.69) is 60.2 Å². The second-order valence-corrected chi connectivity index (χ2v) is 14.6. The highest BCUT2D eigenvalue weighted by molar-refractivity contribution is 6.32. The summed E-state index contributed by atoms with van der Waals surface area (Å²) in [5.74, 6) is 1.03. The first-order valence-electron chi connectivity index (χ1n) is 19.9. The molecule has 1 amide bonds. The fourth-order valence-electron chi connectivity index (χ4n) is 6.91. The number of allylic oxidation sites excluding steroid dienone is 1. The Bertz CT molecular complexity index is 1330. The molecule has 2 aliphatic rings. The molecule has 0 radical (unpaired) electrons. The number of phenolic OH excluding ortho intramolecular Hbond substituents is 1. The first kappa shape index (κ1) is 45.9. The third-order valence-electron chi connectivity index (χ3n) is 9.69. The number of hydrogen-bond donors (Lipinski definition) is 2. The molecule has 2 aliphatic heterocycles. The minimum absolute atomic E-state index is 0.0271. The minimum atomic E-state index is 0.0271. The molecule has 0 aromatic heterocycles. The Morgan fingerprint density at radius 1 is 1.00 bits per heavy atom. The molecule has 0 bridgehead atoms. The number of benzene rings is 2. The van der Waals surface area contributed by atoms with Crippen LogP contribution in [0.5, 0.6) is 5.75 Å². The number of hydrogen-bond acceptors (Lipinski definition) is 8. The quantitative estimate of drug-likeness (QED) is 0.115. The van der Waals surface area contributed by atoms with Gasteiger partial charge in [-0.25, -0.2) is 0 Å². The number of unbranched alkanes of at least 4 members (excludes halogenated alkanes) is 1. The highest BCUT2D eigenvalue weighted by atomic mass is 35.5. The molecule has 2 fully saturated rings. The number of ketones is 1. The SMILES string of the molecule is CCCC=C(OCC(C)=O)N1CCC(N(C=O)CCCc2ccccc2NC)CC1.CCCN(CCC)C1CCOCC1.Cc1cc(C)c(O)c(Cl)c1. The van der Waals surface area contributed by atoms with Gasteiger partial charge in [0.25, 0.3) is 0 Å². The summed E-state index contributed by atoms with van der Waals surface area (Å²) in [5, 5.41) is 12.9. The number of aromatic hydroxyl groups is 1. The number of carbonyl (C=O) groups is 2. The molecule has 0 saturated carbocycles. The Hall–Kier alpha value is -3.27. The Morgan fingerprint density at radius 3 is 2.23 bits per heavy atom. The fraction of sp³-hybridized carbons (Fsp3) is 0.628. The molecule has 0 spiro atoms. The molecular formula is C43H69ClN4O5. The van der Waals surface area contributed by atoms with Gasteiger partial charge in [-0.15, -0.1) is 0 Å². The predicted molar refractivity (Wildman–Crippen MR) is 220 cm³/mol. The third-order valence-corrected chi connectivity index (χ3v) is 9.98. The molecule has 298 valence electrons. The van der Waals surface area contributed by atoms with Crippen molar-refractivity contribution in [1.82, 2.24) is 14.7 Å². The number of piperidine rings is 1. The standard InChI is InChI=1S/C24H37N3O3.C11H23NO.C8H9ClO/c1-4-5-12-24(30-18-20(2)29)26-16-13-22(14-17-26)27(19-28)15-8-10-21-9-6-7-11-23(21)25-3;1-3-7-12(8-4-2)11-5-9-13-10-6-11;1-5-3-6(2)8(10)7(9)4-5/h6-7,9,11-12,19,22,25H,4-5,8,10,13-18H2,1-3H3;11H,3-10H2,1-2H3;3-4,10H,1-2H3. The van der Waals surface area contributed by atoms with Crippen LogP contribution in [0.1, 0.15) is 102 Å². The van der Waals surface area contributed by atoms with Crippen LogP contribution in [0.25, 0.3) is 0 Å². The minimum Gasteiger partial charge on any atom is -0.506 e. The number of nitrogens with zero attached hydrogens (tertiary/aromatic N) is 3. The van der Waals surface area contributed by atoms with E-state index in [0.717, 1.165) is 107 Å². The van der Waals surface area contributed by atoms with Crippen molar-refractivity contribution in [3.05, 3.63) is 70.1 Å². The second-order valence-electron chi connectivity index (χ2n) is 14.2. The number of carbonyl (C=O) groups excluding carboxylic acids is 2. The van der Waals surface area contributed by atoms with Crippen molar-refractivity contribution in [2.24, 2.45) is 0 Å². The van der Waals surface area contributed by atoms with Gasteiger partial charge in [0.2, 0.25) is 6.41 Å². The summed E-state index contributed by atoms with van der Waals surface area (Å²) >= 11 is 5.67. The lowest BCUT2D eigenvalue weighted by Gasteiger charge is -2.38. The highest BCUT2D eigenvalue weighted by Gasteiger charge is 2.25. The van der Waals surface area contributed by atoms with Crippen LogP contribution in [0.15, 0.2) is 48.4 Å². The molecule has 2 heterocycles. The van der Waals surface area contributed by atoms with Crippen molar-refractivity contribution < 1.29 is 24.2 Å². The molecule has 2 N–H and O–H groups in total. The van der Waals surface area contributed by atoms with Crippen molar-refractivity contribution in [3.8, 4) is 5.75 Å². The van der Waals surface area contributed by atoms with E-state index < -0.39 is 0 Å². The fourth-order valence-corrected chi connectivity index (χ4v) is 7.23.